The van der Waals surface area contributed by atoms with Gasteiger partial charge < -0.3 is 25.0 Å². The molecule has 0 aliphatic carbocycles. The second kappa shape index (κ2) is 12.8. The fourth-order valence-electron chi connectivity index (χ4n) is 4.43. The van der Waals surface area contributed by atoms with Crippen LogP contribution in [0.25, 0.3) is 11.1 Å². The van der Waals surface area contributed by atoms with E-state index in [1.807, 2.05) is 20.8 Å². The second-order valence-corrected chi connectivity index (χ2v) is 10.9. The molecule has 0 saturated carbocycles. The Morgan fingerprint density at radius 1 is 1.07 bits per heavy atom. The van der Waals surface area contributed by atoms with Crippen molar-refractivity contribution in [1.29, 1.82) is 0 Å². The Morgan fingerprint density at radius 2 is 1.77 bits per heavy atom. The van der Waals surface area contributed by atoms with Gasteiger partial charge in [0, 0.05) is 30.4 Å². The molecule has 1 aliphatic rings. The van der Waals surface area contributed by atoms with Gasteiger partial charge in [0.25, 0.3) is 0 Å². The van der Waals surface area contributed by atoms with Crippen LogP contribution in [0.1, 0.15) is 46.5 Å². The number of hydrogen-bond acceptors (Lipinski definition) is 5. The molecule has 2 aromatic carbocycles. The Bertz CT molecular complexity index is 1230. The van der Waals surface area contributed by atoms with Crippen molar-refractivity contribution in [2.24, 2.45) is 5.41 Å². The van der Waals surface area contributed by atoms with Gasteiger partial charge in [-0.15, -0.1) is 13.2 Å². The van der Waals surface area contributed by atoms with Crippen LogP contribution in [-0.4, -0.2) is 54.9 Å². The molecule has 218 valence electrons. The van der Waals surface area contributed by atoms with E-state index in [-0.39, 0.29) is 22.9 Å². The van der Waals surface area contributed by atoms with Gasteiger partial charge in [-0.2, -0.15) is 0 Å². The van der Waals surface area contributed by atoms with E-state index < -0.39 is 41.7 Å². The third-order valence-electron chi connectivity index (χ3n) is 6.54. The molecule has 40 heavy (non-hydrogen) atoms. The number of carbonyl (C=O) groups excluding carboxylic acids is 3. The lowest BCUT2D eigenvalue weighted by atomic mass is 9.86. The minimum atomic E-state index is -4.87. The summed E-state index contributed by atoms with van der Waals surface area (Å²) in [6, 6.07) is 9.30. The first-order valence-corrected chi connectivity index (χ1v) is 13.2. The van der Waals surface area contributed by atoms with E-state index in [1.54, 1.807) is 6.07 Å². The standard InChI is InChI=1S/C28H33ClF3N3O5/c1-27(2,3)23(39-26(38)33-4)16-24(36)35-14-8-7-10-21(35)25(37)34-17-12-13-18(20(29)15-17)19-9-5-6-11-22(19)40-28(30,31)32/h5-6,9,11-13,15,21,23H,7-8,10,14,16H2,1-4H3,(H,33,38)(H,34,37)/t21?,23-/m1/s1. The van der Waals surface area contributed by atoms with E-state index in [2.05, 4.69) is 15.4 Å². The number of nitrogens with one attached hydrogen (secondary N) is 2. The topological polar surface area (TPSA) is 97.0 Å². The van der Waals surface area contributed by atoms with Crippen molar-refractivity contribution >= 4 is 35.2 Å². The maximum absolute atomic E-state index is 13.3. The molecular formula is C28H33ClF3N3O5. The average Bonchev–Trinajstić information content (AvgIpc) is 2.87. The minimum absolute atomic E-state index is 0.0827. The molecule has 12 heteroatoms. The molecule has 0 spiro atoms. The number of hydrogen-bond donors (Lipinski definition) is 2. The molecule has 1 aliphatic heterocycles. The second-order valence-electron chi connectivity index (χ2n) is 10.5. The van der Waals surface area contributed by atoms with E-state index >= 15 is 0 Å². The van der Waals surface area contributed by atoms with E-state index in [0.717, 1.165) is 12.8 Å². The highest BCUT2D eigenvalue weighted by Gasteiger charge is 2.37. The zero-order valence-corrected chi connectivity index (χ0v) is 23.5. The number of benzene rings is 2. The lowest BCUT2D eigenvalue weighted by Crippen LogP contribution is -2.51. The predicted molar refractivity (Wildman–Crippen MR) is 145 cm³/mol. The highest BCUT2D eigenvalue weighted by atomic mass is 35.5. The summed E-state index contributed by atoms with van der Waals surface area (Å²) in [5.74, 6) is -1.13. The zero-order chi connectivity index (χ0) is 29.7. The maximum atomic E-state index is 13.3. The number of anilines is 1. The van der Waals surface area contributed by atoms with Crippen molar-refractivity contribution in [3.63, 3.8) is 0 Å². The van der Waals surface area contributed by atoms with Crippen LogP contribution in [0.15, 0.2) is 42.5 Å². The molecule has 1 unspecified atom stereocenters. The minimum Gasteiger partial charge on any atom is -0.445 e. The monoisotopic (exact) mass is 583 g/mol. The normalized spacial score (nSPS) is 16.6. The highest BCUT2D eigenvalue weighted by Crippen LogP contribution is 2.38. The van der Waals surface area contributed by atoms with Gasteiger partial charge in [-0.1, -0.05) is 56.6 Å². The van der Waals surface area contributed by atoms with Crippen LogP contribution < -0.4 is 15.4 Å². The van der Waals surface area contributed by atoms with Crippen LogP contribution in [-0.2, 0) is 14.3 Å². The summed E-state index contributed by atoms with van der Waals surface area (Å²) < 4.78 is 48.1. The fourth-order valence-corrected chi connectivity index (χ4v) is 4.71. The summed E-state index contributed by atoms with van der Waals surface area (Å²) in [5, 5.41) is 5.26. The Kier molecular flexibility index (Phi) is 9.94. The molecule has 2 aromatic rings. The molecule has 0 bridgehead atoms. The molecule has 2 atom stereocenters. The summed E-state index contributed by atoms with van der Waals surface area (Å²) in [5.41, 5.74) is 0.233. The van der Waals surface area contributed by atoms with Crippen molar-refractivity contribution in [2.75, 3.05) is 18.9 Å². The lowest BCUT2D eigenvalue weighted by molar-refractivity contribution is -0.274. The van der Waals surface area contributed by atoms with Crippen LogP contribution in [0.4, 0.5) is 23.7 Å². The smallest absolute Gasteiger partial charge is 0.445 e. The molecule has 1 saturated heterocycles. The number of halogens is 4. The van der Waals surface area contributed by atoms with Crippen molar-refractivity contribution in [3.8, 4) is 16.9 Å². The molecule has 8 nitrogen and oxygen atoms in total. The Morgan fingerprint density at radius 3 is 2.40 bits per heavy atom. The Balaban J connectivity index is 1.76. The van der Waals surface area contributed by atoms with Gasteiger partial charge >= 0.3 is 12.5 Å². The largest absolute Gasteiger partial charge is 0.573 e. The number of carbonyl (C=O) groups is 3. The molecule has 1 fully saturated rings. The van der Waals surface area contributed by atoms with Gasteiger partial charge in [0.2, 0.25) is 11.8 Å². The first-order valence-electron chi connectivity index (χ1n) is 12.8. The summed E-state index contributed by atoms with van der Waals surface area (Å²) in [6.45, 7) is 5.95. The van der Waals surface area contributed by atoms with Crippen molar-refractivity contribution < 1.29 is 37.0 Å². The third kappa shape index (κ3) is 8.27. The van der Waals surface area contributed by atoms with Gasteiger partial charge in [-0.3, -0.25) is 9.59 Å². The number of piperidine rings is 1. The molecule has 3 amide bonds. The first kappa shape index (κ1) is 31.1. The van der Waals surface area contributed by atoms with Crippen molar-refractivity contribution in [1.82, 2.24) is 10.2 Å². The number of nitrogens with zero attached hydrogens (tertiary/aromatic N) is 1. The molecular weight excluding hydrogens is 551 g/mol. The van der Waals surface area contributed by atoms with Gasteiger partial charge in [-0.05, 0) is 42.9 Å². The van der Waals surface area contributed by atoms with Crippen LogP contribution in [0.5, 0.6) is 5.75 Å². The summed E-state index contributed by atoms with van der Waals surface area (Å²) in [6.07, 6.45) is -4.39. The van der Waals surface area contributed by atoms with Crippen molar-refractivity contribution in [3.05, 3.63) is 47.5 Å². The molecule has 0 radical (unpaired) electrons. The number of rotatable bonds is 7. The summed E-state index contributed by atoms with van der Waals surface area (Å²) >= 11 is 6.41. The van der Waals surface area contributed by atoms with Gasteiger partial charge in [0.15, 0.2) is 0 Å². The SMILES string of the molecule is CNC(=O)O[C@H](CC(=O)N1CCCCC1C(=O)Nc1ccc(-c2ccccc2OC(F)(F)F)c(Cl)c1)C(C)(C)C. The number of alkyl halides is 3. The predicted octanol–water partition coefficient (Wildman–Crippen LogP) is 6.39. The molecule has 0 aromatic heterocycles. The van der Waals surface area contributed by atoms with Crippen LogP contribution in [0.2, 0.25) is 5.02 Å². The van der Waals surface area contributed by atoms with Crippen LogP contribution >= 0.6 is 11.6 Å². The van der Waals surface area contributed by atoms with E-state index in [0.29, 0.717) is 24.2 Å². The third-order valence-corrected chi connectivity index (χ3v) is 6.86. The number of likely N-dealkylation sites (tertiary alicyclic amines) is 1. The molecule has 1 heterocycles. The summed E-state index contributed by atoms with van der Waals surface area (Å²) in [4.78, 5) is 39.9. The number of para-hydroxylation sites is 1. The maximum Gasteiger partial charge on any atom is 0.573 e. The molecule has 2 N–H and O–H groups in total. The summed E-state index contributed by atoms with van der Waals surface area (Å²) in [7, 11) is 1.43. The first-order chi connectivity index (χ1) is 18.7. The van der Waals surface area contributed by atoms with Gasteiger partial charge in [-0.25, -0.2) is 4.79 Å². The van der Waals surface area contributed by atoms with Gasteiger partial charge in [0.05, 0.1) is 11.4 Å². The van der Waals surface area contributed by atoms with E-state index in [1.165, 1.54) is 48.3 Å². The average molecular weight is 584 g/mol. The van der Waals surface area contributed by atoms with Gasteiger partial charge in [0.1, 0.15) is 17.9 Å². The van der Waals surface area contributed by atoms with Crippen LogP contribution in [0.3, 0.4) is 0 Å². The fraction of sp³-hybridized carbons (Fsp3) is 0.464. The Hall–Kier alpha value is -3.47. The highest BCUT2D eigenvalue weighted by molar-refractivity contribution is 6.33. The zero-order valence-electron chi connectivity index (χ0n) is 22.7. The quantitative estimate of drug-likeness (QED) is 0.394. The number of amides is 3. The lowest BCUT2D eigenvalue weighted by Gasteiger charge is -2.37. The van der Waals surface area contributed by atoms with E-state index in [4.69, 9.17) is 16.3 Å². The Labute approximate surface area is 236 Å². The molecule has 3 rings (SSSR count). The number of ether oxygens (including phenoxy) is 2. The van der Waals surface area contributed by atoms with Crippen LogP contribution in [0, 0.1) is 5.41 Å². The van der Waals surface area contributed by atoms with Crippen molar-refractivity contribution in [2.45, 2.75) is 65.0 Å². The number of alkyl carbamates (subject to hydrolysis) is 1. The van der Waals surface area contributed by atoms with E-state index in [9.17, 15) is 27.6 Å².